The summed E-state index contributed by atoms with van der Waals surface area (Å²) in [5, 5.41) is 3.59. The second kappa shape index (κ2) is 13.0. The lowest BCUT2D eigenvalue weighted by molar-refractivity contribution is 0.0891. The minimum absolute atomic E-state index is 0. The molecular weight excluding hydrogens is 527 g/mol. The summed E-state index contributed by atoms with van der Waals surface area (Å²) in [4.78, 5) is 22.9. The van der Waals surface area contributed by atoms with Gasteiger partial charge in [-0.3, -0.25) is 9.89 Å². The monoisotopic (exact) mass is 564 g/mol. The predicted molar refractivity (Wildman–Crippen MR) is 145 cm³/mol. The number of nitrogens with zero attached hydrogens (tertiary/aromatic N) is 7. The third-order valence-corrected chi connectivity index (χ3v) is 6.41. The van der Waals surface area contributed by atoms with Crippen LogP contribution in [0.4, 0.5) is 5.95 Å². The minimum atomic E-state index is 0. The zero-order chi connectivity index (χ0) is 22.2. The smallest absolute Gasteiger partial charge is 0.225 e. The van der Waals surface area contributed by atoms with E-state index in [0.29, 0.717) is 6.04 Å². The fraction of sp³-hybridized carbons (Fsp3) is 0.542. The highest BCUT2D eigenvalue weighted by molar-refractivity contribution is 14.0. The van der Waals surface area contributed by atoms with E-state index in [4.69, 9.17) is 0 Å². The summed E-state index contributed by atoms with van der Waals surface area (Å²) in [5.74, 6) is 1.81. The maximum Gasteiger partial charge on any atom is 0.225 e. The van der Waals surface area contributed by atoms with E-state index in [1.54, 1.807) is 12.4 Å². The van der Waals surface area contributed by atoms with Crippen molar-refractivity contribution < 1.29 is 0 Å². The third-order valence-electron chi connectivity index (χ3n) is 6.41. The van der Waals surface area contributed by atoms with Crippen LogP contribution in [0.15, 0.2) is 53.8 Å². The largest absolute Gasteiger partial charge is 0.356 e. The van der Waals surface area contributed by atoms with Crippen molar-refractivity contribution in [3.05, 3.63) is 54.4 Å². The van der Waals surface area contributed by atoms with E-state index < -0.39 is 0 Å². The molecule has 0 radical (unpaired) electrons. The van der Waals surface area contributed by atoms with Gasteiger partial charge >= 0.3 is 0 Å². The van der Waals surface area contributed by atoms with Gasteiger partial charge in [-0.15, -0.1) is 24.0 Å². The number of rotatable bonds is 6. The van der Waals surface area contributed by atoms with Crippen molar-refractivity contribution >= 4 is 35.9 Å². The Balaban J connectivity index is 0.00000306. The molecule has 1 atom stereocenters. The Bertz CT molecular complexity index is 842. The average molecular weight is 565 g/mol. The number of halogens is 1. The van der Waals surface area contributed by atoms with E-state index in [9.17, 15) is 0 Å². The summed E-state index contributed by atoms with van der Waals surface area (Å²) in [6, 6.07) is 13.3. The quantitative estimate of drug-likeness (QED) is 0.250. The van der Waals surface area contributed by atoms with E-state index in [1.165, 1.54) is 5.56 Å². The summed E-state index contributed by atoms with van der Waals surface area (Å²) < 4.78 is 0. The van der Waals surface area contributed by atoms with Crippen molar-refractivity contribution in [1.82, 2.24) is 30.0 Å². The molecule has 2 aliphatic rings. The van der Waals surface area contributed by atoms with Crippen LogP contribution in [-0.4, -0.2) is 104 Å². The average Bonchev–Trinajstić information content (AvgIpc) is 2.86. The fourth-order valence-corrected chi connectivity index (χ4v) is 4.60. The Morgan fingerprint density at radius 3 is 2.42 bits per heavy atom. The lowest BCUT2D eigenvalue weighted by Crippen LogP contribution is -2.53. The molecule has 2 aromatic rings. The fourth-order valence-electron chi connectivity index (χ4n) is 4.60. The summed E-state index contributed by atoms with van der Waals surface area (Å²) in [6.07, 6.45) is 4.71. The number of hydrogen-bond donors (Lipinski definition) is 1. The molecule has 2 saturated heterocycles. The summed E-state index contributed by atoms with van der Waals surface area (Å²) in [7, 11) is 4.10. The van der Waals surface area contributed by atoms with Crippen LogP contribution in [0.2, 0.25) is 0 Å². The Morgan fingerprint density at radius 1 is 1.00 bits per heavy atom. The molecule has 1 N–H and O–H groups in total. The molecule has 33 heavy (non-hydrogen) atoms. The molecule has 0 amide bonds. The zero-order valence-electron chi connectivity index (χ0n) is 19.8. The first-order valence-corrected chi connectivity index (χ1v) is 11.7. The number of anilines is 1. The van der Waals surface area contributed by atoms with Crippen LogP contribution >= 0.6 is 24.0 Å². The topological polar surface area (TPSA) is 63.1 Å². The highest BCUT2D eigenvalue weighted by Gasteiger charge is 2.26. The van der Waals surface area contributed by atoms with E-state index in [-0.39, 0.29) is 24.0 Å². The van der Waals surface area contributed by atoms with Gasteiger partial charge in [0.15, 0.2) is 5.96 Å². The Kier molecular flexibility index (Phi) is 10.1. The van der Waals surface area contributed by atoms with Gasteiger partial charge < -0.3 is 20.0 Å². The highest BCUT2D eigenvalue weighted by atomic mass is 127. The summed E-state index contributed by atoms with van der Waals surface area (Å²) in [5.41, 5.74) is 1.42. The second-order valence-corrected chi connectivity index (χ2v) is 8.58. The van der Waals surface area contributed by atoms with Crippen LogP contribution in [-0.2, 0) is 0 Å². The molecule has 1 aromatic heterocycles. The van der Waals surface area contributed by atoms with E-state index in [0.717, 1.165) is 77.2 Å². The summed E-state index contributed by atoms with van der Waals surface area (Å²) >= 11 is 0. The van der Waals surface area contributed by atoms with Gasteiger partial charge in [-0.25, -0.2) is 9.97 Å². The zero-order valence-corrected chi connectivity index (χ0v) is 22.1. The number of aliphatic imine (C=N–C) groups is 1. The number of likely N-dealkylation sites (N-methyl/N-ethyl adjacent to an activating group) is 1. The first-order valence-electron chi connectivity index (χ1n) is 11.7. The number of piperazine rings is 2. The number of nitrogens with one attached hydrogen (secondary N) is 1. The van der Waals surface area contributed by atoms with Crippen LogP contribution in [0.25, 0.3) is 0 Å². The maximum atomic E-state index is 4.53. The van der Waals surface area contributed by atoms with Crippen molar-refractivity contribution in [1.29, 1.82) is 0 Å². The van der Waals surface area contributed by atoms with Crippen LogP contribution in [0.1, 0.15) is 18.0 Å². The molecule has 3 heterocycles. The van der Waals surface area contributed by atoms with Gasteiger partial charge in [0.05, 0.1) is 0 Å². The number of aromatic nitrogens is 2. The molecule has 1 unspecified atom stereocenters. The molecule has 0 saturated carbocycles. The Labute approximate surface area is 215 Å². The number of guanidine groups is 1. The standard InChI is InChI=1S/C24H36N8.HI/c1-25-23(31-16-18-32(19-17-31)24-27-10-6-11-28-24)26-12-7-13-30-15-14-29(2)20-22(30)21-8-4-3-5-9-21;/h3-6,8-11,22H,7,12-20H2,1-2H3,(H,25,26);1H. The van der Waals surface area contributed by atoms with Crippen molar-refractivity contribution in [3.63, 3.8) is 0 Å². The highest BCUT2D eigenvalue weighted by Crippen LogP contribution is 2.24. The second-order valence-electron chi connectivity index (χ2n) is 8.58. The van der Waals surface area contributed by atoms with Gasteiger partial charge in [-0.1, -0.05) is 30.3 Å². The van der Waals surface area contributed by atoms with Crippen LogP contribution in [0, 0.1) is 0 Å². The first kappa shape index (κ1) is 25.6. The van der Waals surface area contributed by atoms with Crippen molar-refractivity contribution in [2.45, 2.75) is 12.5 Å². The minimum Gasteiger partial charge on any atom is -0.356 e. The van der Waals surface area contributed by atoms with Gasteiger partial charge in [0.1, 0.15) is 0 Å². The van der Waals surface area contributed by atoms with Crippen molar-refractivity contribution in [3.8, 4) is 0 Å². The number of hydrogen-bond acceptors (Lipinski definition) is 6. The lowest BCUT2D eigenvalue weighted by atomic mass is 10.0. The predicted octanol–water partition coefficient (Wildman–Crippen LogP) is 2.17. The SMILES string of the molecule is CN=C(NCCCN1CCN(C)CC1c1ccccc1)N1CCN(c2ncccn2)CC1.I. The molecule has 180 valence electrons. The van der Waals surface area contributed by atoms with Crippen molar-refractivity contribution in [2.24, 2.45) is 4.99 Å². The van der Waals surface area contributed by atoms with Crippen molar-refractivity contribution in [2.75, 3.05) is 77.9 Å². The molecule has 0 spiro atoms. The molecule has 2 fully saturated rings. The third kappa shape index (κ3) is 7.00. The number of benzene rings is 1. The first-order chi connectivity index (χ1) is 15.7. The van der Waals surface area contributed by atoms with Crippen LogP contribution in [0.5, 0.6) is 0 Å². The molecule has 4 rings (SSSR count). The van der Waals surface area contributed by atoms with Gasteiger partial charge in [-0.05, 0) is 25.1 Å². The van der Waals surface area contributed by atoms with Gasteiger partial charge in [-0.2, -0.15) is 0 Å². The molecule has 9 heteroatoms. The molecular formula is C24H37IN8. The van der Waals surface area contributed by atoms with Gasteiger partial charge in [0.2, 0.25) is 5.95 Å². The molecule has 0 aliphatic carbocycles. The van der Waals surface area contributed by atoms with E-state index in [1.807, 2.05) is 13.1 Å². The molecule has 1 aromatic carbocycles. The van der Waals surface area contributed by atoms with Crippen LogP contribution in [0.3, 0.4) is 0 Å². The molecule has 8 nitrogen and oxygen atoms in total. The lowest BCUT2D eigenvalue weighted by Gasteiger charge is -2.40. The van der Waals surface area contributed by atoms with Gasteiger partial charge in [0.25, 0.3) is 0 Å². The van der Waals surface area contributed by atoms with E-state index >= 15 is 0 Å². The normalized spacial score (nSPS) is 20.4. The van der Waals surface area contributed by atoms with Gasteiger partial charge in [0, 0.05) is 84.4 Å². The Hall–Kier alpha value is -1.98. The van der Waals surface area contributed by atoms with E-state index in [2.05, 4.69) is 77.3 Å². The maximum absolute atomic E-state index is 4.53. The molecule has 2 aliphatic heterocycles. The molecule has 0 bridgehead atoms. The summed E-state index contributed by atoms with van der Waals surface area (Å²) in [6.45, 7) is 9.03. The Morgan fingerprint density at radius 2 is 1.73 bits per heavy atom. The van der Waals surface area contributed by atoms with Crippen LogP contribution < -0.4 is 10.2 Å².